The number of carbonyl (C=O) groups excluding carboxylic acids is 1. The maximum atomic E-state index is 13.6. The molecule has 2 aromatic rings. The zero-order valence-electron chi connectivity index (χ0n) is 18.4. The predicted molar refractivity (Wildman–Crippen MR) is 136 cm³/mol. The van der Waals surface area contributed by atoms with Crippen molar-refractivity contribution in [3.8, 4) is 0 Å². The number of carbonyl (C=O) groups is 1. The van der Waals surface area contributed by atoms with Gasteiger partial charge in [0.05, 0.1) is 23.8 Å². The van der Waals surface area contributed by atoms with Gasteiger partial charge in [-0.15, -0.1) is 0 Å². The van der Waals surface area contributed by atoms with Crippen molar-refractivity contribution in [2.75, 3.05) is 24.0 Å². The summed E-state index contributed by atoms with van der Waals surface area (Å²) in [5.41, 5.74) is 0.741. The molecule has 7 nitrogen and oxygen atoms in total. The molecule has 0 aromatic heterocycles. The summed E-state index contributed by atoms with van der Waals surface area (Å²) in [7, 11) is -4.00. The van der Waals surface area contributed by atoms with Gasteiger partial charge in [0, 0.05) is 34.7 Å². The van der Waals surface area contributed by atoms with Crippen LogP contribution in [0.15, 0.2) is 47.4 Å². The smallest absolute Gasteiger partial charge is 0.409 e. The Labute approximate surface area is 212 Å². The van der Waals surface area contributed by atoms with Crippen molar-refractivity contribution in [1.29, 1.82) is 0 Å². The summed E-state index contributed by atoms with van der Waals surface area (Å²) in [4.78, 5) is 13.8. The van der Waals surface area contributed by atoms with Gasteiger partial charge in [0.1, 0.15) is 0 Å². The van der Waals surface area contributed by atoms with E-state index in [1.807, 2.05) is 0 Å². The second-order valence-corrected chi connectivity index (χ2v) is 10.7. The number of aliphatic hydroxyl groups is 1. The highest BCUT2D eigenvalue weighted by Gasteiger charge is 2.31. The number of hydrogen-bond acceptors (Lipinski definition) is 5. The fourth-order valence-electron chi connectivity index (χ4n) is 3.85. The third-order valence-corrected chi connectivity index (χ3v) is 8.01. The molecule has 34 heavy (non-hydrogen) atoms. The Kier molecular flexibility index (Phi) is 10.5. The van der Waals surface area contributed by atoms with Crippen LogP contribution in [0.3, 0.4) is 0 Å². The third-order valence-electron chi connectivity index (χ3n) is 5.58. The average Bonchev–Trinajstić information content (AvgIpc) is 3.32. The minimum atomic E-state index is -4.00. The molecule has 1 amide bonds. The predicted octanol–water partition coefficient (Wildman–Crippen LogP) is 5.72. The normalized spacial score (nSPS) is 14.4. The molecule has 0 saturated carbocycles. The molecular formula is C24H32Cl2N2O5S. The molecule has 1 N–H and O–H groups in total. The molecule has 1 atom stereocenters. The van der Waals surface area contributed by atoms with Crippen LogP contribution in [0.4, 0.5) is 10.5 Å². The van der Waals surface area contributed by atoms with E-state index in [-0.39, 0.29) is 31.6 Å². The molecule has 0 bridgehead atoms. The van der Waals surface area contributed by atoms with Gasteiger partial charge < -0.3 is 14.7 Å². The number of halogens is 2. The molecule has 0 spiro atoms. The largest absolute Gasteiger partial charge is 0.449 e. The lowest BCUT2D eigenvalue weighted by molar-refractivity contribution is 0.108. The maximum Gasteiger partial charge on any atom is 0.409 e. The first-order valence-electron chi connectivity index (χ1n) is 10.8. The van der Waals surface area contributed by atoms with E-state index in [0.29, 0.717) is 47.2 Å². The molecule has 10 heteroatoms. The standard InChI is InChI=1S/C23H28Cl2N2O5S.CH4/c1-17(5-4-14-32-23(29)26-12-2-3-13-26)27(22-15-20(25)7-6-18(22)16-28)33(30,31)21-10-8-19(24)9-11-21;/h6-11,15,17,28H,2-5,12-14,16H2,1H3;1H4/t17-;/m1./s1. The van der Waals surface area contributed by atoms with Gasteiger partial charge in [-0.3, -0.25) is 4.31 Å². The molecule has 1 heterocycles. The van der Waals surface area contributed by atoms with Gasteiger partial charge in [-0.25, -0.2) is 13.2 Å². The Morgan fingerprint density at radius 1 is 1.12 bits per heavy atom. The van der Waals surface area contributed by atoms with Crippen molar-refractivity contribution in [2.24, 2.45) is 0 Å². The number of nitrogens with zero attached hydrogens (tertiary/aromatic N) is 2. The van der Waals surface area contributed by atoms with Crippen LogP contribution in [-0.4, -0.2) is 50.3 Å². The van der Waals surface area contributed by atoms with Gasteiger partial charge in [0.2, 0.25) is 0 Å². The Hall–Kier alpha value is -2.00. The van der Waals surface area contributed by atoms with Crippen molar-refractivity contribution in [1.82, 2.24) is 4.90 Å². The van der Waals surface area contributed by atoms with Gasteiger partial charge in [-0.2, -0.15) is 0 Å². The number of likely N-dealkylation sites (tertiary alicyclic amines) is 1. The van der Waals surface area contributed by atoms with E-state index < -0.39 is 16.1 Å². The summed E-state index contributed by atoms with van der Waals surface area (Å²) in [6, 6.07) is 10.2. The molecule has 0 unspecified atom stereocenters. The van der Waals surface area contributed by atoms with Gasteiger partial charge in [-0.1, -0.05) is 36.7 Å². The quantitative estimate of drug-likeness (QED) is 0.419. The summed E-state index contributed by atoms with van der Waals surface area (Å²) in [6.45, 7) is 3.04. The van der Waals surface area contributed by atoms with Crippen LogP contribution in [0.2, 0.25) is 10.0 Å². The second-order valence-electron chi connectivity index (χ2n) is 7.99. The van der Waals surface area contributed by atoms with E-state index in [2.05, 4.69) is 0 Å². The maximum absolute atomic E-state index is 13.6. The lowest BCUT2D eigenvalue weighted by Gasteiger charge is -2.32. The first-order chi connectivity index (χ1) is 15.7. The fourth-order valence-corrected chi connectivity index (χ4v) is 5.85. The van der Waals surface area contributed by atoms with Crippen molar-refractivity contribution in [3.63, 3.8) is 0 Å². The van der Waals surface area contributed by atoms with Crippen molar-refractivity contribution >= 4 is 45.0 Å². The number of sulfonamides is 1. The van der Waals surface area contributed by atoms with E-state index in [1.54, 1.807) is 24.0 Å². The molecule has 3 rings (SSSR count). The number of benzene rings is 2. The van der Waals surface area contributed by atoms with Gasteiger partial charge in [0.25, 0.3) is 10.0 Å². The van der Waals surface area contributed by atoms with Crippen LogP contribution in [-0.2, 0) is 21.4 Å². The van der Waals surface area contributed by atoms with Crippen molar-refractivity contribution in [2.45, 2.75) is 57.6 Å². The molecule has 188 valence electrons. The fraction of sp³-hybridized carbons (Fsp3) is 0.458. The van der Waals surface area contributed by atoms with E-state index in [9.17, 15) is 18.3 Å². The van der Waals surface area contributed by atoms with Gasteiger partial charge in [0.15, 0.2) is 0 Å². The van der Waals surface area contributed by atoms with E-state index in [0.717, 1.165) is 12.8 Å². The topological polar surface area (TPSA) is 87.2 Å². The molecule has 1 saturated heterocycles. The third kappa shape index (κ3) is 6.78. The number of rotatable bonds is 9. The van der Waals surface area contributed by atoms with E-state index in [4.69, 9.17) is 27.9 Å². The molecule has 1 aliphatic rings. The van der Waals surface area contributed by atoms with Crippen molar-refractivity contribution in [3.05, 3.63) is 58.1 Å². The number of ether oxygens (including phenoxy) is 1. The average molecular weight is 532 g/mol. The minimum absolute atomic E-state index is 0. The number of hydrogen-bond donors (Lipinski definition) is 1. The van der Waals surface area contributed by atoms with E-state index >= 15 is 0 Å². The van der Waals surface area contributed by atoms with E-state index in [1.165, 1.54) is 34.6 Å². The summed E-state index contributed by atoms with van der Waals surface area (Å²) in [6.07, 6.45) is 2.54. The number of amides is 1. The molecule has 2 aromatic carbocycles. The molecule has 0 aliphatic carbocycles. The zero-order chi connectivity index (χ0) is 24.0. The Bertz CT molecular complexity index is 1060. The van der Waals surface area contributed by atoms with Crippen LogP contribution in [0.25, 0.3) is 0 Å². The summed E-state index contributed by atoms with van der Waals surface area (Å²) < 4.78 is 33.9. The molecular weight excluding hydrogens is 499 g/mol. The number of anilines is 1. The molecule has 1 aliphatic heterocycles. The molecule has 0 radical (unpaired) electrons. The first-order valence-corrected chi connectivity index (χ1v) is 13.0. The monoisotopic (exact) mass is 530 g/mol. The second kappa shape index (κ2) is 12.6. The SMILES string of the molecule is C.C[C@H](CCCOC(=O)N1CCCC1)N(c1cc(Cl)ccc1CO)S(=O)(=O)c1ccc(Cl)cc1. The van der Waals surface area contributed by atoms with Crippen LogP contribution in [0.5, 0.6) is 0 Å². The Balaban J connectivity index is 0.00000408. The van der Waals surface area contributed by atoms with Crippen molar-refractivity contribution < 1.29 is 23.1 Å². The first kappa shape index (κ1) is 28.2. The van der Waals surface area contributed by atoms with Crippen LogP contribution in [0, 0.1) is 0 Å². The lowest BCUT2D eigenvalue weighted by Crippen LogP contribution is -2.39. The van der Waals surface area contributed by atoms with Gasteiger partial charge >= 0.3 is 6.09 Å². The van der Waals surface area contributed by atoms with Gasteiger partial charge in [-0.05, 0) is 69.0 Å². The zero-order valence-corrected chi connectivity index (χ0v) is 20.7. The minimum Gasteiger partial charge on any atom is -0.449 e. The summed E-state index contributed by atoms with van der Waals surface area (Å²) in [5, 5.41) is 10.6. The number of aliphatic hydroxyl groups excluding tert-OH is 1. The lowest BCUT2D eigenvalue weighted by atomic mass is 10.1. The highest BCUT2D eigenvalue weighted by atomic mass is 35.5. The van der Waals surface area contributed by atoms with Crippen LogP contribution < -0.4 is 4.31 Å². The Morgan fingerprint density at radius 2 is 1.74 bits per heavy atom. The van der Waals surface area contributed by atoms with Crippen LogP contribution in [0.1, 0.15) is 45.6 Å². The summed E-state index contributed by atoms with van der Waals surface area (Å²) in [5.74, 6) is 0. The van der Waals surface area contributed by atoms with Crippen LogP contribution >= 0.6 is 23.2 Å². The molecule has 1 fully saturated rings. The highest BCUT2D eigenvalue weighted by Crippen LogP contribution is 2.33. The summed E-state index contributed by atoms with van der Waals surface area (Å²) >= 11 is 12.1. The highest BCUT2D eigenvalue weighted by molar-refractivity contribution is 7.92. The Morgan fingerprint density at radius 3 is 2.35 bits per heavy atom.